The molecular weight excluding hydrogens is 197 g/mol. The Balaban J connectivity index is 3.06. The normalized spacial score (nSPS) is 11.9. The lowest BCUT2D eigenvalue weighted by Crippen LogP contribution is -2.19. The van der Waals surface area contributed by atoms with E-state index in [1.165, 1.54) is 7.05 Å². The van der Waals surface area contributed by atoms with Crippen molar-refractivity contribution in [3.05, 3.63) is 11.3 Å². The maximum absolute atomic E-state index is 12.0. The molecule has 0 saturated carbocycles. The molecule has 1 rings (SSSR count). The van der Waals surface area contributed by atoms with Crippen LogP contribution < -0.4 is 4.74 Å². The standard InChI is InChI=1S/C8H11F3N2O/c1-4-6-5(2)12-13(3)7(6)14-8(9,10)11/h4H2,1-3H3. The van der Waals surface area contributed by atoms with Gasteiger partial charge < -0.3 is 4.74 Å². The first kappa shape index (κ1) is 10.9. The van der Waals surface area contributed by atoms with Gasteiger partial charge in [0, 0.05) is 12.6 Å². The van der Waals surface area contributed by atoms with Crippen LogP contribution in [0.15, 0.2) is 0 Å². The summed E-state index contributed by atoms with van der Waals surface area (Å²) in [4.78, 5) is 0. The molecule has 0 radical (unpaired) electrons. The van der Waals surface area contributed by atoms with Crippen LogP contribution in [0.4, 0.5) is 13.2 Å². The van der Waals surface area contributed by atoms with Crippen LogP contribution in [0.5, 0.6) is 5.88 Å². The quantitative estimate of drug-likeness (QED) is 0.744. The van der Waals surface area contributed by atoms with E-state index < -0.39 is 6.36 Å². The Kier molecular flexibility index (Phi) is 2.73. The summed E-state index contributed by atoms with van der Waals surface area (Å²) in [7, 11) is 1.42. The van der Waals surface area contributed by atoms with Gasteiger partial charge in [-0.3, -0.25) is 0 Å². The third-order valence-corrected chi connectivity index (χ3v) is 1.85. The fourth-order valence-corrected chi connectivity index (χ4v) is 1.33. The van der Waals surface area contributed by atoms with Gasteiger partial charge in [0.2, 0.25) is 5.88 Å². The lowest BCUT2D eigenvalue weighted by Gasteiger charge is -2.10. The lowest BCUT2D eigenvalue weighted by atomic mass is 10.2. The van der Waals surface area contributed by atoms with Gasteiger partial charge in [0.25, 0.3) is 0 Å². The molecule has 0 aliphatic rings. The van der Waals surface area contributed by atoms with Crippen molar-refractivity contribution in [2.75, 3.05) is 0 Å². The first-order chi connectivity index (χ1) is 6.35. The van der Waals surface area contributed by atoms with Crippen LogP contribution >= 0.6 is 0 Å². The predicted octanol–water partition coefficient (Wildman–Crippen LogP) is 2.19. The Hall–Kier alpha value is -1.20. The number of halogens is 3. The zero-order valence-corrected chi connectivity index (χ0v) is 8.14. The van der Waals surface area contributed by atoms with Crippen molar-refractivity contribution in [1.29, 1.82) is 0 Å². The monoisotopic (exact) mass is 208 g/mol. The van der Waals surface area contributed by atoms with Gasteiger partial charge in [-0.15, -0.1) is 13.2 Å². The van der Waals surface area contributed by atoms with Gasteiger partial charge in [-0.05, 0) is 13.3 Å². The van der Waals surface area contributed by atoms with E-state index in [9.17, 15) is 13.2 Å². The van der Waals surface area contributed by atoms with Gasteiger partial charge in [-0.1, -0.05) is 6.92 Å². The molecule has 1 heterocycles. The van der Waals surface area contributed by atoms with Gasteiger partial charge in [-0.25, -0.2) is 4.68 Å². The average Bonchev–Trinajstić information content (AvgIpc) is 2.24. The minimum Gasteiger partial charge on any atom is -0.388 e. The Morgan fingerprint density at radius 3 is 2.43 bits per heavy atom. The van der Waals surface area contributed by atoms with Crippen LogP contribution in [0.3, 0.4) is 0 Å². The second-order valence-electron chi connectivity index (χ2n) is 2.89. The first-order valence-corrected chi connectivity index (χ1v) is 4.13. The zero-order chi connectivity index (χ0) is 10.9. The van der Waals surface area contributed by atoms with Gasteiger partial charge in [0.05, 0.1) is 5.69 Å². The van der Waals surface area contributed by atoms with Crippen molar-refractivity contribution in [1.82, 2.24) is 9.78 Å². The molecule has 0 amide bonds. The van der Waals surface area contributed by atoms with E-state index in [4.69, 9.17) is 0 Å². The van der Waals surface area contributed by atoms with Crippen LogP contribution in [0.25, 0.3) is 0 Å². The summed E-state index contributed by atoms with van der Waals surface area (Å²) < 4.78 is 40.9. The lowest BCUT2D eigenvalue weighted by molar-refractivity contribution is -0.277. The number of hydrogen-bond donors (Lipinski definition) is 0. The van der Waals surface area contributed by atoms with Crippen molar-refractivity contribution < 1.29 is 17.9 Å². The molecule has 0 fully saturated rings. The van der Waals surface area contributed by atoms with E-state index in [0.717, 1.165) is 4.68 Å². The molecule has 0 unspecified atom stereocenters. The van der Waals surface area contributed by atoms with Crippen molar-refractivity contribution in [3.63, 3.8) is 0 Å². The molecule has 0 aliphatic carbocycles. The van der Waals surface area contributed by atoms with Crippen molar-refractivity contribution >= 4 is 0 Å². The van der Waals surface area contributed by atoms with E-state index in [1.54, 1.807) is 13.8 Å². The number of rotatable bonds is 2. The minimum atomic E-state index is -4.66. The van der Waals surface area contributed by atoms with Crippen LogP contribution in [0, 0.1) is 6.92 Å². The number of aromatic nitrogens is 2. The number of nitrogens with zero attached hydrogens (tertiary/aromatic N) is 2. The summed E-state index contributed by atoms with van der Waals surface area (Å²) in [5.41, 5.74) is 1.05. The zero-order valence-electron chi connectivity index (χ0n) is 8.14. The smallest absolute Gasteiger partial charge is 0.388 e. The maximum Gasteiger partial charge on any atom is 0.574 e. The third kappa shape index (κ3) is 2.18. The van der Waals surface area contributed by atoms with E-state index in [0.29, 0.717) is 17.7 Å². The number of alkyl halides is 3. The Bertz CT molecular complexity index is 330. The predicted molar refractivity (Wildman–Crippen MR) is 44.0 cm³/mol. The van der Waals surface area contributed by atoms with Gasteiger partial charge in [0.15, 0.2) is 0 Å². The SMILES string of the molecule is CCc1c(C)nn(C)c1OC(F)(F)F. The van der Waals surface area contributed by atoms with Gasteiger partial charge in [-0.2, -0.15) is 5.10 Å². The van der Waals surface area contributed by atoms with E-state index in [-0.39, 0.29) is 5.88 Å². The van der Waals surface area contributed by atoms with Gasteiger partial charge in [0.1, 0.15) is 0 Å². The van der Waals surface area contributed by atoms with Crippen molar-refractivity contribution in [3.8, 4) is 5.88 Å². The summed E-state index contributed by atoms with van der Waals surface area (Å²) in [6, 6.07) is 0. The summed E-state index contributed by atoms with van der Waals surface area (Å²) in [6.07, 6.45) is -4.20. The summed E-state index contributed by atoms with van der Waals surface area (Å²) in [5.74, 6) is -0.225. The van der Waals surface area contributed by atoms with E-state index in [2.05, 4.69) is 9.84 Å². The largest absolute Gasteiger partial charge is 0.574 e. The van der Waals surface area contributed by atoms with E-state index in [1.807, 2.05) is 0 Å². The maximum atomic E-state index is 12.0. The summed E-state index contributed by atoms with van der Waals surface area (Å²) in [5, 5.41) is 3.86. The minimum absolute atomic E-state index is 0.225. The number of hydrogen-bond acceptors (Lipinski definition) is 2. The fraction of sp³-hybridized carbons (Fsp3) is 0.625. The topological polar surface area (TPSA) is 27.1 Å². The Morgan fingerprint density at radius 1 is 1.43 bits per heavy atom. The first-order valence-electron chi connectivity index (χ1n) is 4.13. The molecule has 1 aromatic heterocycles. The van der Waals surface area contributed by atoms with Gasteiger partial charge >= 0.3 is 6.36 Å². The molecule has 0 atom stereocenters. The Morgan fingerprint density at radius 2 is 2.00 bits per heavy atom. The highest BCUT2D eigenvalue weighted by Crippen LogP contribution is 2.27. The molecule has 0 bridgehead atoms. The summed E-state index contributed by atoms with van der Waals surface area (Å²) >= 11 is 0. The molecule has 0 aromatic carbocycles. The summed E-state index contributed by atoms with van der Waals surface area (Å²) in [6.45, 7) is 3.41. The second kappa shape index (κ2) is 3.51. The van der Waals surface area contributed by atoms with Crippen LogP contribution in [0.2, 0.25) is 0 Å². The van der Waals surface area contributed by atoms with E-state index >= 15 is 0 Å². The van der Waals surface area contributed by atoms with Crippen LogP contribution in [-0.4, -0.2) is 16.1 Å². The molecule has 3 nitrogen and oxygen atoms in total. The molecule has 6 heteroatoms. The third-order valence-electron chi connectivity index (χ3n) is 1.85. The molecule has 0 spiro atoms. The number of ether oxygens (including phenoxy) is 1. The second-order valence-corrected chi connectivity index (χ2v) is 2.89. The highest BCUT2D eigenvalue weighted by molar-refractivity contribution is 5.30. The Labute approximate surface area is 79.5 Å². The van der Waals surface area contributed by atoms with Crippen molar-refractivity contribution in [2.45, 2.75) is 26.6 Å². The molecule has 0 saturated heterocycles. The molecule has 0 aliphatic heterocycles. The van der Waals surface area contributed by atoms with Crippen molar-refractivity contribution in [2.24, 2.45) is 7.05 Å². The highest BCUT2D eigenvalue weighted by Gasteiger charge is 2.34. The average molecular weight is 208 g/mol. The van der Waals surface area contributed by atoms with Crippen LogP contribution in [0.1, 0.15) is 18.2 Å². The molecule has 0 N–H and O–H groups in total. The highest BCUT2D eigenvalue weighted by atomic mass is 19.4. The number of aryl methyl sites for hydroxylation is 2. The molecular formula is C8H11F3N2O. The fourth-order valence-electron chi connectivity index (χ4n) is 1.33. The molecule has 1 aromatic rings. The molecule has 14 heavy (non-hydrogen) atoms. The molecule has 80 valence electrons. The van der Waals surface area contributed by atoms with Crippen LogP contribution in [-0.2, 0) is 13.5 Å².